The molecule has 0 radical (unpaired) electrons. The van der Waals surface area contributed by atoms with Crippen molar-refractivity contribution in [2.45, 2.75) is 71.4 Å². The van der Waals surface area contributed by atoms with Gasteiger partial charge in [-0.2, -0.15) is 9.97 Å². The third kappa shape index (κ3) is 7.22. The van der Waals surface area contributed by atoms with E-state index in [4.69, 9.17) is 19.4 Å². The Bertz CT molecular complexity index is 1360. The highest BCUT2D eigenvalue weighted by Gasteiger charge is 2.26. The Morgan fingerprint density at radius 1 is 1.07 bits per heavy atom. The number of aromatic nitrogens is 4. The Hall–Kier alpha value is -3.54. The second kappa shape index (κ2) is 12.1. The van der Waals surface area contributed by atoms with Gasteiger partial charge in [-0.25, -0.2) is 18.6 Å². The van der Waals surface area contributed by atoms with Gasteiger partial charge >= 0.3 is 6.09 Å². The van der Waals surface area contributed by atoms with E-state index in [9.17, 15) is 13.6 Å². The molecule has 3 heterocycles. The molecule has 1 amide bonds. The molecule has 0 bridgehead atoms. The lowest BCUT2D eigenvalue weighted by Gasteiger charge is -2.30. The summed E-state index contributed by atoms with van der Waals surface area (Å²) in [5.41, 5.74) is 1.48. The molecule has 5 rings (SSSR count). The Kier molecular flexibility index (Phi) is 8.58. The van der Waals surface area contributed by atoms with E-state index in [0.717, 1.165) is 31.2 Å². The number of alkyl carbamates (subject to hydrolysis) is 1. The number of aryl methyl sites for hydroxylation is 1. The highest BCUT2D eigenvalue weighted by molar-refractivity contribution is 5.79. The molecule has 12 heteroatoms. The fourth-order valence-electron chi connectivity index (χ4n) is 5.38. The number of ether oxygens (including phenoxy) is 2. The molecule has 2 aromatic heterocycles. The predicted molar refractivity (Wildman–Crippen MR) is 153 cm³/mol. The zero-order valence-electron chi connectivity index (χ0n) is 24.1. The van der Waals surface area contributed by atoms with Crippen LogP contribution in [0.1, 0.15) is 64.3 Å². The first-order valence-electron chi connectivity index (χ1n) is 14.3. The van der Waals surface area contributed by atoms with Crippen LogP contribution in [0.2, 0.25) is 0 Å². The van der Waals surface area contributed by atoms with E-state index in [0.29, 0.717) is 67.4 Å². The van der Waals surface area contributed by atoms with Crippen molar-refractivity contribution in [2.75, 3.05) is 43.1 Å². The highest BCUT2D eigenvalue weighted by atomic mass is 19.3. The van der Waals surface area contributed by atoms with Crippen molar-refractivity contribution in [3.63, 3.8) is 0 Å². The van der Waals surface area contributed by atoms with Crippen LogP contribution in [0.4, 0.5) is 25.3 Å². The first kappa shape index (κ1) is 29.0. The Morgan fingerprint density at radius 2 is 1.78 bits per heavy atom. The van der Waals surface area contributed by atoms with Gasteiger partial charge in [0.2, 0.25) is 5.95 Å². The maximum absolute atomic E-state index is 14.2. The zero-order valence-corrected chi connectivity index (χ0v) is 24.1. The van der Waals surface area contributed by atoms with Gasteiger partial charge in [0.15, 0.2) is 5.82 Å². The van der Waals surface area contributed by atoms with E-state index in [2.05, 4.69) is 20.5 Å². The third-order valence-electron chi connectivity index (χ3n) is 7.41. The van der Waals surface area contributed by atoms with E-state index >= 15 is 0 Å². The lowest BCUT2D eigenvalue weighted by molar-refractivity contribution is 0.0488. The number of carbonyl (C=O) groups is 1. The number of imidazole rings is 1. The zero-order chi connectivity index (χ0) is 29.1. The van der Waals surface area contributed by atoms with E-state index in [1.54, 1.807) is 12.1 Å². The molecular weight excluding hydrogens is 532 g/mol. The fourth-order valence-corrected chi connectivity index (χ4v) is 5.38. The number of carbonyl (C=O) groups excluding carboxylic acids is 1. The van der Waals surface area contributed by atoms with Crippen LogP contribution in [-0.4, -0.2) is 70.1 Å². The molecule has 3 aromatic rings. The molecule has 1 saturated carbocycles. The summed E-state index contributed by atoms with van der Waals surface area (Å²) in [6.45, 7) is 10.5. The number of rotatable bonds is 7. The van der Waals surface area contributed by atoms with Gasteiger partial charge in [0, 0.05) is 31.7 Å². The number of amides is 1. The monoisotopic (exact) mass is 571 g/mol. The lowest BCUT2D eigenvalue weighted by Crippen LogP contribution is -2.41. The number of morpholine rings is 1. The van der Waals surface area contributed by atoms with E-state index in [1.165, 1.54) is 4.57 Å². The Balaban J connectivity index is 1.35. The Labute approximate surface area is 238 Å². The van der Waals surface area contributed by atoms with Crippen molar-refractivity contribution in [3.05, 3.63) is 35.7 Å². The first-order valence-corrected chi connectivity index (χ1v) is 14.3. The molecule has 41 heavy (non-hydrogen) atoms. The molecule has 2 aliphatic rings. The second-order valence-corrected chi connectivity index (χ2v) is 11.9. The number of anilines is 2. The van der Waals surface area contributed by atoms with E-state index in [1.807, 2.05) is 39.8 Å². The van der Waals surface area contributed by atoms with Crippen LogP contribution in [0.25, 0.3) is 16.9 Å². The summed E-state index contributed by atoms with van der Waals surface area (Å²) < 4.78 is 40.7. The topological polar surface area (TPSA) is 106 Å². The lowest BCUT2D eigenvalue weighted by atomic mass is 9.86. The number of nitrogens with one attached hydrogen (secondary N) is 2. The van der Waals surface area contributed by atoms with Gasteiger partial charge in [0.25, 0.3) is 6.43 Å². The van der Waals surface area contributed by atoms with Crippen molar-refractivity contribution in [1.29, 1.82) is 0 Å². The van der Waals surface area contributed by atoms with Crippen molar-refractivity contribution >= 4 is 28.9 Å². The number of hydrogen-bond donors (Lipinski definition) is 2. The first-order chi connectivity index (χ1) is 19.6. The molecule has 10 nitrogen and oxygen atoms in total. The molecule has 0 spiro atoms. The number of fused-ring (bicyclic) bond motifs is 1. The van der Waals surface area contributed by atoms with Gasteiger partial charge in [0.1, 0.15) is 17.2 Å². The van der Waals surface area contributed by atoms with Gasteiger partial charge in [0.05, 0.1) is 24.2 Å². The van der Waals surface area contributed by atoms with Gasteiger partial charge in [-0.3, -0.25) is 4.57 Å². The predicted octanol–water partition coefficient (Wildman–Crippen LogP) is 5.39. The molecule has 1 saturated heterocycles. The number of halogens is 2. The maximum atomic E-state index is 14.2. The van der Waals surface area contributed by atoms with Gasteiger partial charge in [-0.1, -0.05) is 6.07 Å². The van der Waals surface area contributed by atoms with Crippen molar-refractivity contribution in [3.8, 4) is 5.82 Å². The molecule has 1 aliphatic carbocycles. The summed E-state index contributed by atoms with van der Waals surface area (Å²) in [5, 5.41) is 6.36. The molecule has 222 valence electrons. The standard InChI is InChI=1S/C29H39F2N7O3/c1-18-5-10-21-22(15-18)38(26(34-21)25(30)31)24-16-23(37-11-13-40-14-12-37)35-27(36-24)32-17-19-6-8-20(9-7-19)33-28(39)41-29(2,3)4/h5,10,15-16,19-20,25H,6-9,11-14,17H2,1-4H3,(H,33,39)(H,32,35,36)/t19-,20-. The van der Waals surface area contributed by atoms with Gasteiger partial charge in [-0.15, -0.1) is 0 Å². The molecule has 1 aliphatic heterocycles. The molecule has 2 fully saturated rings. The summed E-state index contributed by atoms with van der Waals surface area (Å²) in [5.74, 6) is 1.39. The van der Waals surface area contributed by atoms with Crippen LogP contribution in [0.5, 0.6) is 0 Å². The minimum atomic E-state index is -2.77. The van der Waals surface area contributed by atoms with Gasteiger partial charge in [-0.05, 0) is 77.0 Å². The van der Waals surface area contributed by atoms with Crippen LogP contribution in [0, 0.1) is 12.8 Å². The van der Waals surface area contributed by atoms with Crippen LogP contribution in [0.15, 0.2) is 24.3 Å². The molecule has 0 unspecified atom stereocenters. The summed E-state index contributed by atoms with van der Waals surface area (Å²) in [6.07, 6.45) is 0.387. The minimum Gasteiger partial charge on any atom is -0.444 e. The van der Waals surface area contributed by atoms with Gasteiger partial charge < -0.3 is 25.0 Å². The SMILES string of the molecule is Cc1ccc2nc(C(F)F)n(-c3cc(N4CCOCC4)nc(NC[C@H]4CC[C@H](NC(=O)OC(C)(C)C)CC4)n3)c2c1. The average molecular weight is 572 g/mol. The van der Waals surface area contributed by atoms with Crippen molar-refractivity contribution in [2.24, 2.45) is 5.92 Å². The van der Waals surface area contributed by atoms with Crippen LogP contribution in [0.3, 0.4) is 0 Å². The third-order valence-corrected chi connectivity index (χ3v) is 7.41. The number of alkyl halides is 2. The molecule has 1 aromatic carbocycles. The molecule has 2 N–H and O–H groups in total. The van der Waals surface area contributed by atoms with Crippen molar-refractivity contribution < 1.29 is 23.0 Å². The summed E-state index contributed by atoms with van der Waals surface area (Å²) in [7, 11) is 0. The summed E-state index contributed by atoms with van der Waals surface area (Å²) in [6, 6.07) is 7.30. The Morgan fingerprint density at radius 3 is 2.46 bits per heavy atom. The normalized spacial score (nSPS) is 19.9. The van der Waals surface area contributed by atoms with Crippen molar-refractivity contribution in [1.82, 2.24) is 24.8 Å². The van der Waals surface area contributed by atoms with Crippen LogP contribution >= 0.6 is 0 Å². The quantitative estimate of drug-likeness (QED) is 0.389. The molecular formula is C29H39F2N7O3. The maximum Gasteiger partial charge on any atom is 0.407 e. The minimum absolute atomic E-state index is 0.0827. The largest absolute Gasteiger partial charge is 0.444 e. The van der Waals surface area contributed by atoms with E-state index < -0.39 is 12.0 Å². The second-order valence-electron chi connectivity index (χ2n) is 11.9. The number of nitrogens with zero attached hydrogens (tertiary/aromatic N) is 5. The average Bonchev–Trinajstić information content (AvgIpc) is 3.31. The fraction of sp³-hybridized carbons (Fsp3) is 0.586. The summed E-state index contributed by atoms with van der Waals surface area (Å²) >= 11 is 0. The number of benzene rings is 1. The number of hydrogen-bond acceptors (Lipinski definition) is 8. The smallest absolute Gasteiger partial charge is 0.407 e. The highest BCUT2D eigenvalue weighted by Crippen LogP contribution is 2.30. The summed E-state index contributed by atoms with van der Waals surface area (Å²) in [4.78, 5) is 27.9. The van der Waals surface area contributed by atoms with Crippen LogP contribution in [-0.2, 0) is 9.47 Å². The molecule has 0 atom stereocenters. The van der Waals surface area contributed by atoms with Crippen LogP contribution < -0.4 is 15.5 Å². The van der Waals surface area contributed by atoms with E-state index in [-0.39, 0.29) is 18.0 Å².